The quantitative estimate of drug-likeness (QED) is 0.734. The van der Waals surface area contributed by atoms with Gasteiger partial charge in [0.25, 0.3) is 5.91 Å². The number of aliphatic hydroxyl groups is 1. The molecule has 2 N–H and O–H groups in total. The summed E-state index contributed by atoms with van der Waals surface area (Å²) in [4.78, 5) is 26.0. The summed E-state index contributed by atoms with van der Waals surface area (Å²) in [6, 6.07) is 12.5. The van der Waals surface area contributed by atoms with E-state index in [1.54, 1.807) is 31.4 Å². The summed E-state index contributed by atoms with van der Waals surface area (Å²) in [7, 11) is 1.60. The zero-order valence-corrected chi connectivity index (χ0v) is 16.7. The number of halogens is 1. The van der Waals surface area contributed by atoms with Gasteiger partial charge >= 0.3 is 0 Å². The van der Waals surface area contributed by atoms with Gasteiger partial charge in [-0.1, -0.05) is 34.1 Å². The van der Waals surface area contributed by atoms with Gasteiger partial charge in [-0.2, -0.15) is 0 Å². The van der Waals surface area contributed by atoms with Gasteiger partial charge in [-0.05, 0) is 43.2 Å². The lowest BCUT2D eigenvalue weighted by Crippen LogP contribution is -2.47. The molecule has 3 rings (SSSR count). The highest BCUT2D eigenvalue weighted by Gasteiger charge is 2.45. The number of ether oxygens (including phenoxy) is 1. The summed E-state index contributed by atoms with van der Waals surface area (Å²) in [5.74, 6) is 0.0766. The van der Waals surface area contributed by atoms with E-state index in [4.69, 9.17) is 4.74 Å². The second-order valence-corrected chi connectivity index (χ2v) is 7.37. The fourth-order valence-electron chi connectivity index (χ4n) is 3.20. The molecule has 0 aromatic heterocycles. The number of nitrogens with zero attached hydrogens (tertiary/aromatic N) is 1. The number of carbonyl (C=O) groups is 2. The number of methoxy groups -OCH3 is 1. The van der Waals surface area contributed by atoms with Crippen molar-refractivity contribution in [3.63, 3.8) is 0 Å². The maximum Gasteiger partial charge on any atom is 0.257 e. The van der Waals surface area contributed by atoms with Crippen molar-refractivity contribution < 1.29 is 19.4 Å². The third-order valence-electron chi connectivity index (χ3n) is 4.71. The molecule has 2 amide bonds. The molecule has 0 spiro atoms. The van der Waals surface area contributed by atoms with Crippen molar-refractivity contribution in [2.75, 3.05) is 20.2 Å². The molecule has 0 saturated heterocycles. The number of fused-ring (bicyclic) bond motifs is 1. The first kappa shape index (κ1) is 19.4. The molecule has 0 aliphatic carbocycles. The summed E-state index contributed by atoms with van der Waals surface area (Å²) in [5, 5.41) is 13.5. The Hall–Kier alpha value is -2.38. The number of hydrogen-bond acceptors (Lipinski definition) is 4. The Kier molecular flexibility index (Phi) is 5.53. The molecule has 0 radical (unpaired) electrons. The molecular formula is C20H21BrN2O4. The smallest absolute Gasteiger partial charge is 0.257 e. The van der Waals surface area contributed by atoms with Crippen LogP contribution >= 0.6 is 15.9 Å². The van der Waals surface area contributed by atoms with Crippen molar-refractivity contribution in [3.05, 3.63) is 63.6 Å². The van der Waals surface area contributed by atoms with E-state index >= 15 is 0 Å². The van der Waals surface area contributed by atoms with E-state index in [1.165, 1.54) is 11.8 Å². The van der Waals surface area contributed by atoms with Crippen LogP contribution in [0.2, 0.25) is 0 Å². The minimum absolute atomic E-state index is 0.209. The lowest BCUT2D eigenvalue weighted by molar-refractivity contribution is -0.128. The van der Waals surface area contributed by atoms with Crippen LogP contribution in [-0.2, 0) is 16.9 Å². The zero-order valence-electron chi connectivity index (χ0n) is 15.2. The predicted molar refractivity (Wildman–Crippen MR) is 104 cm³/mol. The van der Waals surface area contributed by atoms with Gasteiger partial charge in [0.05, 0.1) is 7.11 Å². The average molecular weight is 433 g/mol. The van der Waals surface area contributed by atoms with Crippen LogP contribution in [0.5, 0.6) is 5.75 Å². The van der Waals surface area contributed by atoms with Gasteiger partial charge in [0.15, 0.2) is 5.72 Å². The van der Waals surface area contributed by atoms with Crippen LogP contribution in [0.25, 0.3) is 0 Å². The molecule has 1 atom stereocenters. The van der Waals surface area contributed by atoms with Gasteiger partial charge in [-0.3, -0.25) is 14.5 Å². The first-order chi connectivity index (χ1) is 12.8. The van der Waals surface area contributed by atoms with Gasteiger partial charge in [-0.25, -0.2) is 0 Å². The molecule has 0 fully saturated rings. The van der Waals surface area contributed by atoms with E-state index in [2.05, 4.69) is 21.2 Å². The first-order valence-corrected chi connectivity index (χ1v) is 9.37. The number of nitrogens with one attached hydrogen (secondary N) is 1. The number of hydrogen-bond donors (Lipinski definition) is 2. The van der Waals surface area contributed by atoms with Crippen molar-refractivity contribution in [1.29, 1.82) is 0 Å². The Bertz CT molecular complexity index is 882. The number of carbonyl (C=O) groups excluding carboxylic acids is 2. The predicted octanol–water partition coefficient (Wildman–Crippen LogP) is 2.44. The monoisotopic (exact) mass is 432 g/mol. The average Bonchev–Trinajstić information content (AvgIpc) is 2.84. The van der Waals surface area contributed by atoms with Gasteiger partial charge in [-0.15, -0.1) is 0 Å². The minimum Gasteiger partial charge on any atom is -0.497 e. The Morgan fingerprint density at radius 3 is 2.74 bits per heavy atom. The summed E-state index contributed by atoms with van der Waals surface area (Å²) in [5.41, 5.74) is 0.450. The van der Waals surface area contributed by atoms with Crippen molar-refractivity contribution in [2.24, 2.45) is 0 Å². The number of amides is 2. The lowest BCUT2D eigenvalue weighted by atomic mass is 10.0. The van der Waals surface area contributed by atoms with E-state index in [1.807, 2.05) is 18.2 Å². The third kappa shape index (κ3) is 3.84. The van der Waals surface area contributed by atoms with Gasteiger partial charge in [0, 0.05) is 22.1 Å². The molecule has 142 valence electrons. The lowest BCUT2D eigenvalue weighted by Gasteiger charge is -2.30. The molecule has 1 heterocycles. The first-order valence-electron chi connectivity index (χ1n) is 8.57. The summed E-state index contributed by atoms with van der Waals surface area (Å²) < 4.78 is 6.15. The van der Waals surface area contributed by atoms with Crippen LogP contribution < -0.4 is 10.1 Å². The van der Waals surface area contributed by atoms with Crippen molar-refractivity contribution in [1.82, 2.24) is 10.2 Å². The van der Waals surface area contributed by atoms with Gasteiger partial charge < -0.3 is 15.2 Å². The molecule has 6 nitrogen and oxygen atoms in total. The normalized spacial score (nSPS) is 18.4. The highest BCUT2D eigenvalue weighted by atomic mass is 79.9. The molecule has 7 heteroatoms. The summed E-state index contributed by atoms with van der Waals surface area (Å²) in [6.07, 6.45) is 0.605. The second kappa shape index (κ2) is 7.70. The molecule has 0 saturated carbocycles. The van der Waals surface area contributed by atoms with Crippen LogP contribution in [0, 0.1) is 0 Å². The standard InChI is InChI=1S/C20H21BrN2O4/c1-20(26)16-6-4-3-5-15(16)19(25)23(20)12-18(24)22-10-9-13-11-14(27-2)7-8-17(13)21/h3-8,11,26H,9-10,12H2,1-2H3,(H,22,24). The van der Waals surface area contributed by atoms with Crippen LogP contribution in [-0.4, -0.2) is 42.0 Å². The Morgan fingerprint density at radius 2 is 2.04 bits per heavy atom. The maximum atomic E-state index is 12.5. The number of rotatable bonds is 6. The molecule has 0 bridgehead atoms. The van der Waals surface area contributed by atoms with E-state index in [9.17, 15) is 14.7 Å². The molecule has 2 aromatic carbocycles. The van der Waals surface area contributed by atoms with E-state index in [-0.39, 0.29) is 18.4 Å². The van der Waals surface area contributed by atoms with E-state index in [0.717, 1.165) is 15.8 Å². The SMILES string of the molecule is COc1ccc(Br)c(CCNC(=O)CN2C(=O)c3ccccc3C2(C)O)c1. The molecule has 27 heavy (non-hydrogen) atoms. The van der Waals surface area contributed by atoms with Crippen molar-refractivity contribution >= 4 is 27.7 Å². The second-order valence-electron chi connectivity index (χ2n) is 6.51. The van der Waals surface area contributed by atoms with Crippen LogP contribution in [0.3, 0.4) is 0 Å². The molecule has 1 aliphatic heterocycles. The van der Waals surface area contributed by atoms with Crippen molar-refractivity contribution in [2.45, 2.75) is 19.1 Å². The van der Waals surface area contributed by atoms with Crippen molar-refractivity contribution in [3.8, 4) is 5.75 Å². The maximum absolute atomic E-state index is 12.5. The molecule has 1 aliphatic rings. The van der Waals surface area contributed by atoms with Gasteiger partial charge in [0.1, 0.15) is 12.3 Å². The van der Waals surface area contributed by atoms with Crippen LogP contribution in [0.4, 0.5) is 0 Å². The summed E-state index contributed by atoms with van der Waals surface area (Å²) in [6.45, 7) is 1.72. The summed E-state index contributed by atoms with van der Waals surface area (Å²) >= 11 is 3.48. The minimum atomic E-state index is -1.50. The van der Waals surface area contributed by atoms with Gasteiger partial charge in [0.2, 0.25) is 5.91 Å². The highest BCUT2D eigenvalue weighted by Crippen LogP contribution is 2.36. The topological polar surface area (TPSA) is 78.9 Å². The molecule has 1 unspecified atom stereocenters. The van der Waals surface area contributed by atoms with Crippen LogP contribution in [0.15, 0.2) is 46.9 Å². The third-order valence-corrected chi connectivity index (χ3v) is 5.48. The largest absolute Gasteiger partial charge is 0.497 e. The van der Waals surface area contributed by atoms with E-state index < -0.39 is 5.72 Å². The fraction of sp³-hybridized carbons (Fsp3) is 0.300. The Balaban J connectivity index is 1.60. The highest BCUT2D eigenvalue weighted by molar-refractivity contribution is 9.10. The van der Waals surface area contributed by atoms with E-state index in [0.29, 0.717) is 24.1 Å². The fourth-order valence-corrected chi connectivity index (χ4v) is 3.65. The zero-order chi connectivity index (χ0) is 19.6. The Morgan fingerprint density at radius 1 is 1.30 bits per heavy atom. The molecular weight excluding hydrogens is 412 g/mol. The molecule has 2 aromatic rings. The Labute approximate surface area is 166 Å². The number of benzene rings is 2. The van der Waals surface area contributed by atoms with Crippen LogP contribution in [0.1, 0.15) is 28.4 Å².